The van der Waals surface area contributed by atoms with E-state index >= 15 is 0 Å². The molecule has 0 radical (unpaired) electrons. The summed E-state index contributed by atoms with van der Waals surface area (Å²) in [6.07, 6.45) is 19.3. The van der Waals surface area contributed by atoms with Gasteiger partial charge in [0.25, 0.3) is 0 Å². The lowest BCUT2D eigenvalue weighted by molar-refractivity contribution is 0.536. The van der Waals surface area contributed by atoms with E-state index in [9.17, 15) is 0 Å². The van der Waals surface area contributed by atoms with Crippen LogP contribution in [0, 0.1) is 0 Å². The van der Waals surface area contributed by atoms with Crippen LogP contribution in [0.25, 0.3) is 0 Å². The second-order valence-corrected chi connectivity index (χ2v) is 6.01. The Morgan fingerprint density at radius 2 is 1.09 bits per heavy atom. The zero-order valence-corrected chi connectivity index (χ0v) is 16.9. The van der Waals surface area contributed by atoms with Crippen LogP contribution in [0.15, 0.2) is 4.99 Å². The molecule has 0 aromatic carbocycles. The molecule has 0 aliphatic carbocycles. The molecule has 0 amide bonds. The van der Waals surface area contributed by atoms with Crippen molar-refractivity contribution < 1.29 is 0 Å². The summed E-state index contributed by atoms with van der Waals surface area (Å²) >= 11 is 0. The number of guanidine groups is 1. The van der Waals surface area contributed by atoms with Crippen molar-refractivity contribution in [2.24, 2.45) is 16.6 Å². The summed E-state index contributed by atoms with van der Waals surface area (Å²) < 4.78 is 0. The van der Waals surface area contributed by atoms with E-state index < -0.39 is 0 Å². The molecule has 5 heteroatoms. The minimum absolute atomic E-state index is 0. The molecule has 0 fully saturated rings. The van der Waals surface area contributed by atoms with Crippen LogP contribution in [-0.4, -0.2) is 12.5 Å². The van der Waals surface area contributed by atoms with Gasteiger partial charge in [-0.1, -0.05) is 90.4 Å². The highest BCUT2D eigenvalue weighted by molar-refractivity contribution is 14.0. The van der Waals surface area contributed by atoms with Gasteiger partial charge in [0, 0.05) is 6.54 Å². The van der Waals surface area contributed by atoms with Crippen molar-refractivity contribution in [1.29, 1.82) is 0 Å². The van der Waals surface area contributed by atoms with Crippen LogP contribution in [-0.2, 0) is 0 Å². The van der Waals surface area contributed by atoms with Crippen LogP contribution in [0.4, 0.5) is 0 Å². The fourth-order valence-electron chi connectivity index (χ4n) is 2.55. The number of nitrogens with two attached hydrogens (primary N) is 2. The first-order valence-electron chi connectivity index (χ1n) is 9.07. The fraction of sp³-hybridized carbons (Fsp3) is 0.941. The Morgan fingerprint density at radius 3 is 1.45 bits per heavy atom. The third kappa shape index (κ3) is 20.0. The Kier molecular flexibility index (Phi) is 23.1. The zero-order valence-electron chi connectivity index (χ0n) is 14.6. The van der Waals surface area contributed by atoms with Gasteiger partial charge in [0.05, 0.1) is 0 Å². The average Bonchev–Trinajstić information content (AvgIpc) is 2.50. The molecular weight excluding hydrogens is 387 g/mol. The summed E-state index contributed by atoms with van der Waals surface area (Å²) in [5.74, 6) is 5.46. The standard InChI is InChI=1S/C17H38N4.HI/c1-2-3-4-5-6-7-8-9-10-11-12-13-14-15-16-20-17(18)21-19;/h2-16,19H2,1H3,(H3,18,20,21);1H. The third-order valence-corrected chi connectivity index (χ3v) is 3.94. The van der Waals surface area contributed by atoms with Crippen molar-refractivity contribution in [3.63, 3.8) is 0 Å². The van der Waals surface area contributed by atoms with Gasteiger partial charge in [-0.3, -0.25) is 10.4 Å². The number of hydrogen-bond acceptors (Lipinski definition) is 2. The van der Waals surface area contributed by atoms with Crippen molar-refractivity contribution >= 4 is 29.9 Å². The number of unbranched alkanes of at least 4 members (excludes halogenated alkanes) is 13. The molecule has 0 bridgehead atoms. The molecule has 5 N–H and O–H groups in total. The van der Waals surface area contributed by atoms with Gasteiger partial charge in [-0.25, -0.2) is 5.84 Å². The first-order chi connectivity index (χ1) is 10.3. The van der Waals surface area contributed by atoms with E-state index in [1.165, 1.54) is 83.5 Å². The molecule has 22 heavy (non-hydrogen) atoms. The van der Waals surface area contributed by atoms with Crippen molar-refractivity contribution in [1.82, 2.24) is 5.43 Å². The number of rotatable bonds is 15. The number of hydrazine groups is 1. The lowest BCUT2D eigenvalue weighted by atomic mass is 10.0. The van der Waals surface area contributed by atoms with E-state index in [4.69, 9.17) is 11.6 Å². The Hall–Kier alpha value is -0.0400. The van der Waals surface area contributed by atoms with Gasteiger partial charge >= 0.3 is 0 Å². The van der Waals surface area contributed by atoms with E-state index in [1.807, 2.05) is 0 Å². The first-order valence-corrected chi connectivity index (χ1v) is 9.07. The van der Waals surface area contributed by atoms with E-state index in [0.717, 1.165) is 13.0 Å². The number of nitrogens with zero attached hydrogens (tertiary/aromatic N) is 1. The van der Waals surface area contributed by atoms with Crippen LogP contribution < -0.4 is 17.0 Å². The molecule has 0 saturated heterocycles. The molecule has 0 heterocycles. The van der Waals surface area contributed by atoms with Gasteiger partial charge in [-0.2, -0.15) is 0 Å². The van der Waals surface area contributed by atoms with Crippen molar-refractivity contribution in [3.8, 4) is 0 Å². The van der Waals surface area contributed by atoms with Gasteiger partial charge in [0.2, 0.25) is 5.96 Å². The van der Waals surface area contributed by atoms with Crippen molar-refractivity contribution in [3.05, 3.63) is 0 Å². The molecule has 0 unspecified atom stereocenters. The smallest absolute Gasteiger partial charge is 0.203 e. The maximum atomic E-state index is 5.44. The largest absolute Gasteiger partial charge is 0.369 e. The normalized spacial score (nSPS) is 11.3. The highest BCUT2D eigenvalue weighted by Gasteiger charge is 1.94. The summed E-state index contributed by atoms with van der Waals surface area (Å²) in [7, 11) is 0. The lowest BCUT2D eigenvalue weighted by Gasteiger charge is -2.03. The monoisotopic (exact) mass is 426 g/mol. The first kappa shape index (κ1) is 24.2. The van der Waals surface area contributed by atoms with E-state index in [1.54, 1.807) is 0 Å². The SMILES string of the molecule is CCCCCCCCCCCCCCCCN=C(N)NN.I. The summed E-state index contributed by atoms with van der Waals surface area (Å²) in [4.78, 5) is 4.10. The van der Waals surface area contributed by atoms with Crippen LogP contribution >= 0.6 is 24.0 Å². The molecule has 0 rings (SSSR count). The number of hydrogen-bond donors (Lipinski definition) is 3. The zero-order chi connectivity index (χ0) is 15.6. The second kappa shape index (κ2) is 21.0. The van der Waals surface area contributed by atoms with E-state index in [-0.39, 0.29) is 24.0 Å². The Labute approximate surface area is 155 Å². The molecule has 0 saturated carbocycles. The van der Waals surface area contributed by atoms with Gasteiger partial charge in [-0.05, 0) is 6.42 Å². The van der Waals surface area contributed by atoms with Crippen molar-refractivity contribution in [2.75, 3.05) is 6.54 Å². The molecule has 134 valence electrons. The number of nitrogens with one attached hydrogen (secondary N) is 1. The molecule has 0 aromatic rings. The Balaban J connectivity index is 0. The third-order valence-electron chi connectivity index (χ3n) is 3.94. The summed E-state index contributed by atoms with van der Waals surface area (Å²) in [5, 5.41) is 0. The van der Waals surface area contributed by atoms with Gasteiger partial charge in [0.15, 0.2) is 0 Å². The Morgan fingerprint density at radius 1 is 0.727 bits per heavy atom. The van der Waals surface area contributed by atoms with Crippen LogP contribution in [0.5, 0.6) is 0 Å². The van der Waals surface area contributed by atoms with Gasteiger partial charge in [-0.15, -0.1) is 24.0 Å². The molecule has 0 atom stereocenters. The second-order valence-electron chi connectivity index (χ2n) is 6.01. The van der Waals surface area contributed by atoms with E-state index in [0.29, 0.717) is 5.96 Å². The van der Waals surface area contributed by atoms with Gasteiger partial charge < -0.3 is 5.73 Å². The quantitative estimate of drug-likeness (QED) is 0.0874. The predicted octanol–water partition coefficient (Wildman–Crippen LogP) is 4.86. The minimum Gasteiger partial charge on any atom is -0.369 e. The highest BCUT2D eigenvalue weighted by Crippen LogP contribution is 2.12. The molecule has 0 aliphatic heterocycles. The molecule has 0 spiro atoms. The summed E-state index contributed by atoms with van der Waals surface area (Å²) in [6, 6.07) is 0. The van der Waals surface area contributed by atoms with Crippen LogP contribution in [0.3, 0.4) is 0 Å². The maximum absolute atomic E-state index is 5.44. The van der Waals surface area contributed by atoms with Crippen LogP contribution in [0.2, 0.25) is 0 Å². The maximum Gasteiger partial charge on any atom is 0.203 e. The topological polar surface area (TPSA) is 76.4 Å². The van der Waals surface area contributed by atoms with Gasteiger partial charge in [0.1, 0.15) is 0 Å². The van der Waals surface area contributed by atoms with Crippen molar-refractivity contribution in [2.45, 2.75) is 96.8 Å². The summed E-state index contributed by atoms with van der Waals surface area (Å²) in [5.41, 5.74) is 7.78. The lowest BCUT2D eigenvalue weighted by Crippen LogP contribution is -2.37. The number of halogens is 1. The minimum atomic E-state index is 0. The summed E-state index contributed by atoms with van der Waals surface area (Å²) in [6.45, 7) is 3.06. The Bertz CT molecular complexity index is 235. The predicted molar refractivity (Wildman–Crippen MR) is 110 cm³/mol. The van der Waals surface area contributed by atoms with Crippen LogP contribution in [0.1, 0.15) is 96.8 Å². The van der Waals surface area contributed by atoms with E-state index in [2.05, 4.69) is 17.3 Å². The molecule has 0 aromatic heterocycles. The fourth-order valence-corrected chi connectivity index (χ4v) is 2.55. The average molecular weight is 426 g/mol. The molecular formula is C17H39IN4. The highest BCUT2D eigenvalue weighted by atomic mass is 127. The molecule has 0 aliphatic rings. The molecule has 4 nitrogen and oxygen atoms in total. The number of aliphatic imine (C=N–C) groups is 1.